The topological polar surface area (TPSA) is 63.8 Å². The Morgan fingerprint density at radius 1 is 1.45 bits per heavy atom. The van der Waals surface area contributed by atoms with Crippen molar-refractivity contribution >= 4 is 21.6 Å². The van der Waals surface area contributed by atoms with Gasteiger partial charge in [-0.25, -0.2) is 0 Å². The second-order valence-corrected chi connectivity index (χ2v) is 6.05. The zero-order chi connectivity index (χ0) is 13.4. The molecule has 20 heavy (non-hydrogen) atoms. The molecule has 6 heteroatoms. The molecule has 5 nitrogen and oxygen atoms in total. The molecule has 1 saturated heterocycles. The van der Waals surface area contributed by atoms with Crippen molar-refractivity contribution < 1.29 is 4.52 Å². The van der Waals surface area contributed by atoms with Crippen LogP contribution in [0.2, 0.25) is 0 Å². The molecule has 0 amide bonds. The maximum Gasteiger partial charge on any atom is 0.227 e. The molecule has 0 spiro atoms. The molecule has 4 rings (SSSR count). The monoisotopic (exact) mass is 286 g/mol. The van der Waals surface area contributed by atoms with Crippen LogP contribution in [0.25, 0.3) is 21.6 Å². The van der Waals surface area contributed by atoms with Crippen LogP contribution in [0.15, 0.2) is 28.2 Å². The van der Waals surface area contributed by atoms with Crippen LogP contribution in [-0.4, -0.2) is 28.2 Å². The highest BCUT2D eigenvalue weighted by atomic mass is 32.1. The minimum Gasteiger partial charge on any atom is -0.339 e. The zero-order valence-electron chi connectivity index (χ0n) is 10.9. The van der Waals surface area contributed by atoms with Crippen molar-refractivity contribution in [2.75, 3.05) is 13.1 Å². The summed E-state index contributed by atoms with van der Waals surface area (Å²) in [6, 6.07) is 4.08. The third-order valence-electron chi connectivity index (χ3n) is 3.65. The third-order valence-corrected chi connectivity index (χ3v) is 4.51. The van der Waals surface area contributed by atoms with E-state index in [9.17, 15) is 0 Å². The average molecular weight is 286 g/mol. The number of nitrogens with zero attached hydrogens (tertiary/aromatic N) is 3. The SMILES string of the molecule is c1cc2ncc(-c3noc(CC4CCNC4)n3)cc2s1. The number of pyridine rings is 1. The van der Waals surface area contributed by atoms with Gasteiger partial charge in [-0.15, -0.1) is 11.3 Å². The van der Waals surface area contributed by atoms with Crippen molar-refractivity contribution in [1.29, 1.82) is 0 Å². The third kappa shape index (κ3) is 2.21. The average Bonchev–Trinajstić information content (AvgIpc) is 3.19. The molecule has 1 fully saturated rings. The summed E-state index contributed by atoms with van der Waals surface area (Å²) in [6.07, 6.45) is 3.84. The molecular formula is C14H14N4OS. The second-order valence-electron chi connectivity index (χ2n) is 5.10. The molecule has 3 aromatic rings. The molecule has 4 heterocycles. The molecule has 1 aliphatic heterocycles. The first-order valence-corrected chi connectivity index (χ1v) is 7.63. The lowest BCUT2D eigenvalue weighted by atomic mass is 10.1. The molecule has 3 aromatic heterocycles. The van der Waals surface area contributed by atoms with Gasteiger partial charge < -0.3 is 9.84 Å². The largest absolute Gasteiger partial charge is 0.339 e. The van der Waals surface area contributed by atoms with Gasteiger partial charge in [0, 0.05) is 18.2 Å². The van der Waals surface area contributed by atoms with Crippen LogP contribution < -0.4 is 5.32 Å². The van der Waals surface area contributed by atoms with Gasteiger partial charge in [0.1, 0.15) is 0 Å². The summed E-state index contributed by atoms with van der Waals surface area (Å²) in [7, 11) is 0. The Hall–Kier alpha value is -1.79. The number of hydrogen-bond donors (Lipinski definition) is 1. The first-order valence-electron chi connectivity index (χ1n) is 6.75. The van der Waals surface area contributed by atoms with Crippen LogP contribution in [0.5, 0.6) is 0 Å². The Kier molecular flexibility index (Phi) is 2.97. The van der Waals surface area contributed by atoms with Crippen molar-refractivity contribution in [2.24, 2.45) is 5.92 Å². The molecular weight excluding hydrogens is 272 g/mol. The Bertz CT molecular complexity index is 729. The van der Waals surface area contributed by atoms with E-state index in [0.29, 0.717) is 11.7 Å². The molecule has 1 N–H and O–H groups in total. The highest BCUT2D eigenvalue weighted by Gasteiger charge is 2.19. The minimum absolute atomic E-state index is 0.612. The number of rotatable bonds is 3. The van der Waals surface area contributed by atoms with E-state index in [1.807, 2.05) is 11.4 Å². The Labute approximate surface area is 120 Å². The van der Waals surface area contributed by atoms with Gasteiger partial charge in [0.2, 0.25) is 11.7 Å². The maximum absolute atomic E-state index is 5.36. The summed E-state index contributed by atoms with van der Waals surface area (Å²) in [5.41, 5.74) is 1.93. The minimum atomic E-state index is 0.612. The lowest BCUT2D eigenvalue weighted by molar-refractivity contribution is 0.358. The molecule has 0 aliphatic carbocycles. The summed E-state index contributed by atoms with van der Waals surface area (Å²) >= 11 is 1.67. The van der Waals surface area contributed by atoms with E-state index in [1.54, 1.807) is 17.5 Å². The van der Waals surface area contributed by atoms with Gasteiger partial charge in [-0.05, 0) is 42.9 Å². The van der Waals surface area contributed by atoms with Crippen molar-refractivity contribution in [1.82, 2.24) is 20.4 Å². The van der Waals surface area contributed by atoms with E-state index >= 15 is 0 Å². The van der Waals surface area contributed by atoms with E-state index in [-0.39, 0.29) is 0 Å². The van der Waals surface area contributed by atoms with Crippen LogP contribution in [0.1, 0.15) is 12.3 Å². The molecule has 1 unspecified atom stereocenters. The van der Waals surface area contributed by atoms with Crippen LogP contribution in [0, 0.1) is 5.92 Å². The molecule has 0 aromatic carbocycles. The Morgan fingerprint density at radius 2 is 2.45 bits per heavy atom. The lowest BCUT2D eigenvalue weighted by Crippen LogP contribution is -2.10. The van der Waals surface area contributed by atoms with E-state index < -0.39 is 0 Å². The zero-order valence-corrected chi connectivity index (χ0v) is 11.7. The van der Waals surface area contributed by atoms with Gasteiger partial charge in [-0.2, -0.15) is 4.98 Å². The van der Waals surface area contributed by atoms with Crippen molar-refractivity contribution in [3.05, 3.63) is 29.6 Å². The van der Waals surface area contributed by atoms with Crippen LogP contribution in [-0.2, 0) is 6.42 Å². The van der Waals surface area contributed by atoms with E-state index in [0.717, 1.165) is 41.2 Å². The highest BCUT2D eigenvalue weighted by molar-refractivity contribution is 7.17. The number of aromatic nitrogens is 3. The number of thiophene rings is 1. The summed E-state index contributed by atoms with van der Waals surface area (Å²) in [5.74, 6) is 1.97. The van der Waals surface area contributed by atoms with Gasteiger partial charge in [0.05, 0.1) is 10.2 Å². The summed E-state index contributed by atoms with van der Waals surface area (Å²) < 4.78 is 6.51. The predicted octanol–water partition coefficient (Wildman–Crippen LogP) is 2.50. The smallest absolute Gasteiger partial charge is 0.227 e. The molecule has 1 aliphatic rings. The van der Waals surface area contributed by atoms with Gasteiger partial charge in [-0.1, -0.05) is 5.16 Å². The molecule has 1 atom stereocenters. The molecule has 0 saturated carbocycles. The van der Waals surface area contributed by atoms with Crippen molar-refractivity contribution in [2.45, 2.75) is 12.8 Å². The molecule has 0 radical (unpaired) electrons. The fourth-order valence-corrected chi connectivity index (χ4v) is 3.34. The number of fused-ring (bicyclic) bond motifs is 1. The fourth-order valence-electron chi connectivity index (χ4n) is 2.56. The standard InChI is InChI=1S/C14H14N4OS/c1-3-15-7-9(1)5-13-17-14(18-19-13)10-6-12-11(16-8-10)2-4-20-12/h2,4,6,8-9,15H,1,3,5,7H2. The first kappa shape index (κ1) is 12.0. The van der Waals surface area contributed by atoms with E-state index in [2.05, 4.69) is 26.5 Å². The lowest BCUT2D eigenvalue weighted by Gasteiger charge is -2.01. The van der Waals surface area contributed by atoms with Gasteiger partial charge >= 0.3 is 0 Å². The Balaban J connectivity index is 1.59. The van der Waals surface area contributed by atoms with Gasteiger partial charge in [-0.3, -0.25) is 4.98 Å². The fraction of sp³-hybridized carbons (Fsp3) is 0.357. The number of nitrogens with one attached hydrogen (secondary N) is 1. The highest BCUT2D eigenvalue weighted by Crippen LogP contribution is 2.24. The summed E-state index contributed by atoms with van der Waals surface area (Å²) in [4.78, 5) is 8.90. The van der Waals surface area contributed by atoms with E-state index in [1.165, 1.54) is 6.42 Å². The Morgan fingerprint density at radius 3 is 3.35 bits per heavy atom. The van der Waals surface area contributed by atoms with Crippen LogP contribution in [0.4, 0.5) is 0 Å². The predicted molar refractivity (Wildman–Crippen MR) is 77.6 cm³/mol. The van der Waals surface area contributed by atoms with Gasteiger partial charge in [0.25, 0.3) is 0 Å². The molecule has 0 bridgehead atoms. The van der Waals surface area contributed by atoms with Crippen LogP contribution >= 0.6 is 11.3 Å². The maximum atomic E-state index is 5.36. The van der Waals surface area contributed by atoms with Crippen molar-refractivity contribution in [3.8, 4) is 11.4 Å². The van der Waals surface area contributed by atoms with Crippen LogP contribution in [0.3, 0.4) is 0 Å². The normalized spacial score (nSPS) is 18.9. The van der Waals surface area contributed by atoms with Gasteiger partial charge in [0.15, 0.2) is 0 Å². The quantitative estimate of drug-likeness (QED) is 0.801. The summed E-state index contributed by atoms with van der Waals surface area (Å²) in [6.45, 7) is 2.13. The second kappa shape index (κ2) is 4.96. The number of hydrogen-bond acceptors (Lipinski definition) is 6. The molecule has 102 valence electrons. The van der Waals surface area contributed by atoms with E-state index in [4.69, 9.17) is 4.52 Å². The first-order chi connectivity index (χ1) is 9.88. The van der Waals surface area contributed by atoms with Crippen molar-refractivity contribution in [3.63, 3.8) is 0 Å². The summed E-state index contributed by atoms with van der Waals surface area (Å²) in [5, 5.41) is 9.47.